The lowest BCUT2D eigenvalue weighted by Gasteiger charge is -2.17. The third kappa shape index (κ3) is 4.74. The summed E-state index contributed by atoms with van der Waals surface area (Å²) in [6.07, 6.45) is 3.49. The standard InChI is InChI=1S/C23H26N4O4S/c1-15(16-5-7-19-20(11-16)32-22(28)26(19)14-30-4)18-9-10-27(25-18)21-8-6-17(12-24-21)31-13-23(2,3)29/h5-12,15,29H,13-14H2,1-4H3. The van der Waals surface area contributed by atoms with Gasteiger partial charge in [0.25, 0.3) is 0 Å². The van der Waals surface area contributed by atoms with E-state index in [9.17, 15) is 9.90 Å². The zero-order valence-corrected chi connectivity index (χ0v) is 19.3. The summed E-state index contributed by atoms with van der Waals surface area (Å²) in [7, 11) is 1.58. The number of aliphatic hydroxyl groups is 1. The van der Waals surface area contributed by atoms with Crippen molar-refractivity contribution in [2.45, 2.75) is 39.0 Å². The molecule has 3 aromatic heterocycles. The number of rotatable bonds is 8. The fourth-order valence-corrected chi connectivity index (χ4v) is 4.25. The second-order valence-electron chi connectivity index (χ2n) is 8.30. The van der Waals surface area contributed by atoms with Gasteiger partial charge in [-0.15, -0.1) is 0 Å². The second-order valence-corrected chi connectivity index (χ2v) is 9.29. The van der Waals surface area contributed by atoms with Crippen molar-refractivity contribution < 1.29 is 14.6 Å². The minimum atomic E-state index is -0.906. The normalized spacial score (nSPS) is 12.9. The molecule has 4 aromatic rings. The summed E-state index contributed by atoms with van der Waals surface area (Å²) in [5.74, 6) is 1.30. The topological polar surface area (TPSA) is 91.4 Å². The Bertz CT molecular complexity index is 1270. The van der Waals surface area contributed by atoms with Crippen LogP contribution in [0.1, 0.15) is 37.9 Å². The quantitative estimate of drug-likeness (QED) is 0.438. The SMILES string of the molecule is COCn1c(=O)sc2cc(C(C)c3ccn(-c4ccc(OCC(C)(C)O)cn4)n3)ccc21. The third-order valence-corrected chi connectivity index (χ3v) is 5.99. The van der Waals surface area contributed by atoms with E-state index in [0.29, 0.717) is 11.6 Å². The summed E-state index contributed by atoms with van der Waals surface area (Å²) in [6.45, 7) is 5.89. The van der Waals surface area contributed by atoms with Gasteiger partial charge in [0.1, 0.15) is 19.1 Å². The van der Waals surface area contributed by atoms with Crippen LogP contribution in [-0.4, -0.2) is 43.8 Å². The van der Waals surface area contributed by atoms with Crippen molar-refractivity contribution in [1.82, 2.24) is 19.3 Å². The van der Waals surface area contributed by atoms with Crippen molar-refractivity contribution in [3.8, 4) is 11.6 Å². The predicted molar refractivity (Wildman–Crippen MR) is 124 cm³/mol. The van der Waals surface area contributed by atoms with Gasteiger partial charge in [0, 0.05) is 19.2 Å². The fourth-order valence-electron chi connectivity index (χ4n) is 3.32. The maximum atomic E-state index is 12.2. The molecule has 1 N–H and O–H groups in total. The molecule has 1 atom stereocenters. The molecular weight excluding hydrogens is 428 g/mol. The minimum absolute atomic E-state index is 0.0306. The van der Waals surface area contributed by atoms with Crippen LogP contribution >= 0.6 is 11.3 Å². The Hall–Kier alpha value is -3.01. The van der Waals surface area contributed by atoms with Crippen molar-refractivity contribution in [2.75, 3.05) is 13.7 Å². The van der Waals surface area contributed by atoms with Crippen molar-refractivity contribution in [1.29, 1.82) is 0 Å². The highest BCUT2D eigenvalue weighted by Crippen LogP contribution is 2.28. The first-order valence-corrected chi connectivity index (χ1v) is 11.1. The van der Waals surface area contributed by atoms with Crippen LogP contribution < -0.4 is 9.61 Å². The zero-order chi connectivity index (χ0) is 22.9. The van der Waals surface area contributed by atoms with Crippen LogP contribution in [0.4, 0.5) is 0 Å². The van der Waals surface area contributed by atoms with Gasteiger partial charge in [-0.25, -0.2) is 9.67 Å². The van der Waals surface area contributed by atoms with Crippen LogP contribution in [0.3, 0.4) is 0 Å². The van der Waals surface area contributed by atoms with Crippen LogP contribution in [0.5, 0.6) is 5.75 Å². The van der Waals surface area contributed by atoms with E-state index in [0.717, 1.165) is 21.5 Å². The Balaban J connectivity index is 1.52. The average molecular weight is 455 g/mol. The highest BCUT2D eigenvalue weighted by atomic mass is 32.1. The van der Waals surface area contributed by atoms with Crippen LogP contribution in [0.2, 0.25) is 0 Å². The molecule has 1 unspecified atom stereocenters. The van der Waals surface area contributed by atoms with E-state index >= 15 is 0 Å². The van der Waals surface area contributed by atoms with Gasteiger partial charge in [-0.2, -0.15) is 5.10 Å². The number of hydrogen-bond acceptors (Lipinski definition) is 7. The van der Waals surface area contributed by atoms with Crippen LogP contribution in [-0.2, 0) is 11.5 Å². The van der Waals surface area contributed by atoms with E-state index in [2.05, 4.69) is 11.9 Å². The van der Waals surface area contributed by atoms with Crippen molar-refractivity contribution in [2.24, 2.45) is 0 Å². The van der Waals surface area contributed by atoms with Gasteiger partial charge in [0.15, 0.2) is 5.82 Å². The maximum absolute atomic E-state index is 12.2. The highest BCUT2D eigenvalue weighted by molar-refractivity contribution is 7.16. The molecule has 0 saturated carbocycles. The Kier molecular flexibility index (Phi) is 6.14. The molecule has 0 aliphatic rings. The lowest BCUT2D eigenvalue weighted by atomic mass is 9.98. The first-order valence-electron chi connectivity index (χ1n) is 10.2. The maximum Gasteiger partial charge on any atom is 0.310 e. The zero-order valence-electron chi connectivity index (χ0n) is 18.5. The van der Waals surface area contributed by atoms with E-state index in [-0.39, 0.29) is 24.1 Å². The molecule has 0 amide bonds. The number of ether oxygens (including phenoxy) is 2. The van der Waals surface area contributed by atoms with Crippen molar-refractivity contribution in [3.05, 3.63) is 69.7 Å². The lowest BCUT2D eigenvalue weighted by Crippen LogP contribution is -2.27. The Morgan fingerprint density at radius 3 is 2.72 bits per heavy atom. The van der Waals surface area contributed by atoms with Crippen LogP contribution in [0.15, 0.2) is 53.6 Å². The molecule has 168 valence electrons. The van der Waals surface area contributed by atoms with Crippen molar-refractivity contribution in [3.63, 3.8) is 0 Å². The Labute approximate surface area is 189 Å². The molecule has 8 nitrogen and oxygen atoms in total. The van der Waals surface area contributed by atoms with E-state index in [4.69, 9.17) is 14.6 Å². The average Bonchev–Trinajstić information content (AvgIpc) is 3.37. The largest absolute Gasteiger partial charge is 0.489 e. The van der Waals surface area contributed by atoms with E-state index < -0.39 is 5.60 Å². The second kappa shape index (κ2) is 8.85. The highest BCUT2D eigenvalue weighted by Gasteiger charge is 2.16. The summed E-state index contributed by atoms with van der Waals surface area (Å²) >= 11 is 1.22. The summed E-state index contributed by atoms with van der Waals surface area (Å²) < 4.78 is 15.0. The van der Waals surface area contributed by atoms with Gasteiger partial charge in [-0.1, -0.05) is 24.3 Å². The monoisotopic (exact) mass is 454 g/mol. The summed E-state index contributed by atoms with van der Waals surface area (Å²) in [6, 6.07) is 11.6. The van der Waals surface area contributed by atoms with E-state index in [1.165, 1.54) is 11.3 Å². The molecule has 4 rings (SSSR count). The Morgan fingerprint density at radius 1 is 1.22 bits per heavy atom. The number of fused-ring (bicyclic) bond motifs is 1. The number of methoxy groups -OCH3 is 1. The van der Waals surface area contributed by atoms with Gasteiger partial charge in [0.05, 0.1) is 27.7 Å². The number of thiazole rings is 1. The number of aromatic nitrogens is 4. The third-order valence-electron chi connectivity index (χ3n) is 5.05. The molecule has 1 aromatic carbocycles. The van der Waals surface area contributed by atoms with Gasteiger partial charge in [-0.05, 0) is 49.7 Å². The van der Waals surface area contributed by atoms with Gasteiger partial charge in [-0.3, -0.25) is 9.36 Å². The molecule has 0 aliphatic heterocycles. The molecule has 0 radical (unpaired) electrons. The van der Waals surface area contributed by atoms with E-state index in [1.54, 1.807) is 42.5 Å². The molecule has 0 spiro atoms. The molecule has 0 saturated heterocycles. The van der Waals surface area contributed by atoms with Crippen LogP contribution in [0, 0.1) is 0 Å². The number of hydrogen-bond donors (Lipinski definition) is 1. The number of pyridine rings is 1. The molecule has 9 heteroatoms. The molecule has 0 bridgehead atoms. The Morgan fingerprint density at radius 2 is 2.03 bits per heavy atom. The van der Waals surface area contributed by atoms with Gasteiger partial charge in [0.2, 0.25) is 0 Å². The smallest absolute Gasteiger partial charge is 0.310 e. The lowest BCUT2D eigenvalue weighted by molar-refractivity contribution is 0.0283. The minimum Gasteiger partial charge on any atom is -0.489 e. The summed E-state index contributed by atoms with van der Waals surface area (Å²) in [4.78, 5) is 16.6. The first-order chi connectivity index (χ1) is 15.2. The molecule has 0 aliphatic carbocycles. The number of benzene rings is 1. The molecular formula is C23H26N4O4S. The van der Waals surface area contributed by atoms with Gasteiger partial charge >= 0.3 is 4.87 Å². The summed E-state index contributed by atoms with van der Waals surface area (Å²) in [5.41, 5.74) is 1.95. The summed E-state index contributed by atoms with van der Waals surface area (Å²) in [5, 5.41) is 14.5. The fraction of sp³-hybridized carbons (Fsp3) is 0.348. The number of nitrogens with zero attached hydrogens (tertiary/aromatic N) is 4. The first kappa shape index (κ1) is 22.2. The molecule has 32 heavy (non-hydrogen) atoms. The van der Waals surface area contributed by atoms with Gasteiger partial charge < -0.3 is 14.6 Å². The predicted octanol–water partition coefficient (Wildman–Crippen LogP) is 3.55. The van der Waals surface area contributed by atoms with E-state index in [1.807, 2.05) is 36.5 Å². The molecule has 3 heterocycles. The van der Waals surface area contributed by atoms with Crippen molar-refractivity contribution >= 4 is 21.6 Å². The van der Waals surface area contributed by atoms with Crippen LogP contribution in [0.25, 0.3) is 16.0 Å². The molecule has 0 fully saturated rings.